The number of benzene rings is 1. The summed E-state index contributed by atoms with van der Waals surface area (Å²) < 4.78 is 46.9. The summed E-state index contributed by atoms with van der Waals surface area (Å²) in [6, 6.07) is 3.96. The van der Waals surface area contributed by atoms with Gasteiger partial charge >= 0.3 is 13.8 Å². The molecule has 16 heavy (non-hydrogen) atoms. The molecule has 7 heteroatoms. The first-order chi connectivity index (χ1) is 7.18. The van der Waals surface area contributed by atoms with Gasteiger partial charge < -0.3 is 9.79 Å². The highest BCUT2D eigenvalue weighted by atomic mass is 31.2. The first-order valence-corrected chi connectivity index (χ1v) is 5.78. The van der Waals surface area contributed by atoms with Gasteiger partial charge in [0.05, 0.1) is 5.56 Å². The predicted molar refractivity (Wildman–Crippen MR) is 52.5 cm³/mol. The quantitative estimate of drug-likeness (QED) is 0.795. The smallest absolute Gasteiger partial charge is 0.321 e. The number of hydrogen-bond donors (Lipinski definition) is 2. The molecule has 0 heterocycles. The molecule has 1 aromatic carbocycles. The molecule has 0 fully saturated rings. The third kappa shape index (κ3) is 4.18. The van der Waals surface area contributed by atoms with Gasteiger partial charge in [-0.25, -0.2) is 0 Å². The zero-order chi connectivity index (χ0) is 12.4. The molecule has 0 spiro atoms. The van der Waals surface area contributed by atoms with E-state index in [1.54, 1.807) is 0 Å². The van der Waals surface area contributed by atoms with E-state index in [2.05, 4.69) is 0 Å². The molecule has 0 amide bonds. The van der Waals surface area contributed by atoms with E-state index in [0.29, 0.717) is 5.82 Å². The first kappa shape index (κ1) is 13.0. The van der Waals surface area contributed by atoms with Crippen molar-refractivity contribution in [2.75, 3.05) is 0 Å². The van der Waals surface area contributed by atoms with Gasteiger partial charge in [-0.1, -0.05) is 12.1 Å². The fraction of sp³-hybridized carbons (Fsp3) is 0.111. The molecule has 0 atom stereocenters. The minimum absolute atomic E-state index is 0.288. The second-order valence-corrected chi connectivity index (χ2v) is 4.50. The number of halogens is 3. The van der Waals surface area contributed by atoms with Gasteiger partial charge in [0.15, 0.2) is 0 Å². The van der Waals surface area contributed by atoms with Crippen molar-refractivity contribution in [2.24, 2.45) is 0 Å². The summed E-state index contributed by atoms with van der Waals surface area (Å²) in [7, 11) is -4.28. The Morgan fingerprint density at radius 3 is 2.00 bits per heavy atom. The summed E-state index contributed by atoms with van der Waals surface area (Å²) in [4.78, 5) is 17.0. The lowest BCUT2D eigenvalue weighted by Crippen LogP contribution is -2.03. The maximum absolute atomic E-state index is 12.2. The highest BCUT2D eigenvalue weighted by molar-refractivity contribution is 7.55. The molecule has 0 aliphatic heterocycles. The summed E-state index contributed by atoms with van der Waals surface area (Å²) >= 11 is 0. The predicted octanol–water partition coefficient (Wildman–Crippen LogP) is 2.85. The van der Waals surface area contributed by atoms with Crippen LogP contribution in [0.2, 0.25) is 0 Å². The number of hydrogen-bond acceptors (Lipinski definition) is 1. The lowest BCUT2D eigenvalue weighted by atomic mass is 10.1. The second kappa shape index (κ2) is 4.41. The normalized spacial score (nSPS) is 13.3. The zero-order valence-electron chi connectivity index (χ0n) is 7.85. The highest BCUT2D eigenvalue weighted by Crippen LogP contribution is 2.37. The van der Waals surface area contributed by atoms with Crippen molar-refractivity contribution in [2.45, 2.75) is 6.18 Å². The number of alkyl halides is 3. The van der Waals surface area contributed by atoms with E-state index in [4.69, 9.17) is 9.79 Å². The average molecular weight is 252 g/mol. The van der Waals surface area contributed by atoms with Crippen LogP contribution in [-0.4, -0.2) is 9.79 Å². The van der Waals surface area contributed by atoms with E-state index in [1.165, 1.54) is 0 Å². The summed E-state index contributed by atoms with van der Waals surface area (Å²) in [5.41, 5.74) is -0.517. The Bertz CT molecular complexity index is 430. The molecule has 0 bridgehead atoms. The maximum Gasteiger partial charge on any atom is 0.416 e. The molecule has 0 saturated carbocycles. The lowest BCUT2D eigenvalue weighted by Gasteiger charge is -2.05. The first-order valence-electron chi connectivity index (χ1n) is 4.10. The average Bonchev–Trinajstić information content (AvgIpc) is 2.13. The Balaban J connectivity index is 2.89. The molecule has 3 nitrogen and oxygen atoms in total. The van der Waals surface area contributed by atoms with Crippen LogP contribution in [0.5, 0.6) is 0 Å². The molecule has 1 aromatic rings. The molecule has 0 aromatic heterocycles. The Morgan fingerprint density at radius 1 is 1.12 bits per heavy atom. The van der Waals surface area contributed by atoms with Gasteiger partial charge in [-0.05, 0) is 23.8 Å². The SMILES string of the molecule is O=P(O)(O)/C=C/c1ccc(C(F)(F)F)cc1. The molecule has 1 rings (SSSR count). The van der Waals surface area contributed by atoms with Crippen LogP contribution >= 0.6 is 7.60 Å². The second-order valence-electron chi connectivity index (χ2n) is 3.02. The third-order valence-electron chi connectivity index (χ3n) is 1.70. The molecular formula is C9H8F3O3P. The monoisotopic (exact) mass is 252 g/mol. The fourth-order valence-electron chi connectivity index (χ4n) is 0.966. The largest absolute Gasteiger partial charge is 0.416 e. The standard InChI is InChI=1S/C9H8F3O3P/c10-9(11,12)8-3-1-7(2-4-8)5-6-16(13,14)15/h1-6H,(H2,13,14,15)/b6-5+. The van der Waals surface area contributed by atoms with Crippen LogP contribution in [0.15, 0.2) is 30.1 Å². The van der Waals surface area contributed by atoms with Crippen LogP contribution in [0.4, 0.5) is 13.2 Å². The van der Waals surface area contributed by atoms with Crippen molar-refractivity contribution in [3.8, 4) is 0 Å². The van der Waals surface area contributed by atoms with Gasteiger partial charge in [0.2, 0.25) is 0 Å². The van der Waals surface area contributed by atoms with Crippen molar-refractivity contribution in [1.82, 2.24) is 0 Å². The van der Waals surface area contributed by atoms with Crippen molar-refractivity contribution in [1.29, 1.82) is 0 Å². The molecule has 0 radical (unpaired) electrons. The van der Waals surface area contributed by atoms with Gasteiger partial charge in [-0.15, -0.1) is 0 Å². The third-order valence-corrected chi connectivity index (χ3v) is 2.24. The lowest BCUT2D eigenvalue weighted by molar-refractivity contribution is -0.137. The summed E-state index contributed by atoms with van der Waals surface area (Å²) in [5.74, 6) is 0.635. The van der Waals surface area contributed by atoms with Crippen molar-refractivity contribution in [3.05, 3.63) is 41.2 Å². The van der Waals surface area contributed by atoms with E-state index in [9.17, 15) is 17.7 Å². The molecule has 0 aliphatic rings. The van der Waals surface area contributed by atoms with Crippen molar-refractivity contribution < 1.29 is 27.5 Å². The van der Waals surface area contributed by atoms with E-state index < -0.39 is 19.3 Å². The molecule has 0 aliphatic carbocycles. The van der Waals surface area contributed by atoms with Gasteiger partial charge in [0, 0.05) is 5.82 Å². The minimum Gasteiger partial charge on any atom is -0.321 e. The van der Waals surface area contributed by atoms with Crippen molar-refractivity contribution in [3.63, 3.8) is 0 Å². The topological polar surface area (TPSA) is 57.5 Å². The molecule has 88 valence electrons. The van der Waals surface area contributed by atoms with Crippen LogP contribution < -0.4 is 0 Å². The van der Waals surface area contributed by atoms with Gasteiger partial charge in [-0.2, -0.15) is 13.2 Å². The maximum atomic E-state index is 12.2. The molecule has 0 unspecified atom stereocenters. The van der Waals surface area contributed by atoms with E-state index >= 15 is 0 Å². The van der Waals surface area contributed by atoms with Crippen LogP contribution in [0.1, 0.15) is 11.1 Å². The van der Waals surface area contributed by atoms with Gasteiger partial charge in [-0.3, -0.25) is 4.57 Å². The molecular weight excluding hydrogens is 244 g/mol. The Kier molecular flexibility index (Phi) is 3.57. The molecule has 2 N–H and O–H groups in total. The van der Waals surface area contributed by atoms with Crippen LogP contribution in [-0.2, 0) is 10.7 Å². The van der Waals surface area contributed by atoms with Crippen LogP contribution in [0.3, 0.4) is 0 Å². The van der Waals surface area contributed by atoms with Gasteiger partial charge in [0.25, 0.3) is 0 Å². The van der Waals surface area contributed by atoms with Gasteiger partial charge in [0.1, 0.15) is 0 Å². The van der Waals surface area contributed by atoms with Crippen molar-refractivity contribution >= 4 is 13.7 Å². The summed E-state index contributed by atoms with van der Waals surface area (Å²) in [6.07, 6.45) is -3.34. The van der Waals surface area contributed by atoms with E-state index in [0.717, 1.165) is 30.3 Å². The Morgan fingerprint density at radius 2 is 1.62 bits per heavy atom. The number of rotatable bonds is 2. The Labute approximate surface area is 89.4 Å². The highest BCUT2D eigenvalue weighted by Gasteiger charge is 2.29. The molecule has 0 saturated heterocycles. The summed E-state index contributed by atoms with van der Waals surface area (Å²) in [5, 5.41) is 0. The summed E-state index contributed by atoms with van der Waals surface area (Å²) in [6.45, 7) is 0. The van der Waals surface area contributed by atoms with Crippen LogP contribution in [0, 0.1) is 0 Å². The van der Waals surface area contributed by atoms with Crippen LogP contribution in [0.25, 0.3) is 6.08 Å². The van der Waals surface area contributed by atoms with E-state index in [-0.39, 0.29) is 5.56 Å². The Hall–Kier alpha value is -1.10. The zero-order valence-corrected chi connectivity index (χ0v) is 8.74. The minimum atomic E-state index is -4.41. The fourth-order valence-corrected chi connectivity index (χ4v) is 1.33. The van der Waals surface area contributed by atoms with E-state index in [1.807, 2.05) is 0 Å².